The summed E-state index contributed by atoms with van der Waals surface area (Å²) in [5.41, 5.74) is 0. The molecule has 0 aromatic carbocycles. The second-order valence-corrected chi connectivity index (χ2v) is 19.4. The van der Waals surface area contributed by atoms with Gasteiger partial charge in [-0.2, -0.15) is 0 Å². The monoisotopic (exact) mass is 858 g/mol. The molecule has 0 aliphatic heterocycles. The van der Waals surface area contributed by atoms with Crippen molar-refractivity contribution < 1.29 is 15.0 Å². The second-order valence-electron chi connectivity index (χ2n) is 19.4. The topological polar surface area (TPSA) is 69.6 Å². The molecule has 0 spiro atoms. The normalized spacial score (nSPS) is 12.9. The Kier molecular flexibility index (Phi) is 52.2. The van der Waals surface area contributed by atoms with Crippen LogP contribution in [0.3, 0.4) is 0 Å². The number of nitrogens with one attached hydrogen (secondary N) is 1. The molecule has 0 aliphatic carbocycles. The Balaban J connectivity index is 3.49. The van der Waals surface area contributed by atoms with E-state index in [-0.39, 0.29) is 12.5 Å². The summed E-state index contributed by atoms with van der Waals surface area (Å²) in [6, 6.07) is -0.636. The maximum Gasteiger partial charge on any atom is 0.220 e. The molecule has 4 heteroatoms. The maximum absolute atomic E-state index is 12.5. The van der Waals surface area contributed by atoms with Gasteiger partial charge >= 0.3 is 0 Å². The van der Waals surface area contributed by atoms with Crippen LogP contribution >= 0.6 is 0 Å². The van der Waals surface area contributed by atoms with E-state index in [1.807, 2.05) is 6.08 Å². The van der Waals surface area contributed by atoms with Crippen LogP contribution in [0.4, 0.5) is 0 Å². The first-order valence-electron chi connectivity index (χ1n) is 28.1. The highest BCUT2D eigenvalue weighted by molar-refractivity contribution is 5.76. The van der Waals surface area contributed by atoms with E-state index in [0.29, 0.717) is 6.42 Å². The highest BCUT2D eigenvalue weighted by Crippen LogP contribution is 2.18. The third kappa shape index (κ3) is 49.7. The van der Waals surface area contributed by atoms with Crippen molar-refractivity contribution in [2.75, 3.05) is 6.61 Å². The summed E-state index contributed by atoms with van der Waals surface area (Å²) in [5, 5.41) is 23.1. The molecule has 0 radical (unpaired) electrons. The van der Waals surface area contributed by atoms with Crippen molar-refractivity contribution in [3.05, 3.63) is 24.3 Å². The van der Waals surface area contributed by atoms with Gasteiger partial charge in [0.15, 0.2) is 0 Å². The summed E-state index contributed by atoms with van der Waals surface area (Å²) in [7, 11) is 0. The number of hydrogen-bond acceptors (Lipinski definition) is 3. The van der Waals surface area contributed by atoms with Gasteiger partial charge in [0.2, 0.25) is 5.91 Å². The standard InChI is InChI=1S/C57H111NO3/c1-3-5-7-9-11-13-15-17-19-21-23-25-27-29-30-32-34-36-38-40-42-44-46-48-50-52-56(60)55(54-59)58-57(61)53-51-49-47-45-43-41-39-37-35-33-31-28-26-24-22-20-18-16-14-12-10-8-6-4-2/h42,44,50,52,55-56,59-60H,3-41,43,45-49,51,53-54H2,1-2H3,(H,58,61)/b44-42+,52-50+. The molecule has 61 heavy (non-hydrogen) atoms. The number of allylic oxidation sites excluding steroid dienone is 3. The van der Waals surface area contributed by atoms with Crippen molar-refractivity contribution in [1.29, 1.82) is 0 Å². The predicted molar refractivity (Wildman–Crippen MR) is 272 cm³/mol. The minimum Gasteiger partial charge on any atom is -0.394 e. The molecule has 0 heterocycles. The van der Waals surface area contributed by atoms with Crippen LogP contribution in [0.25, 0.3) is 0 Å². The van der Waals surface area contributed by atoms with Gasteiger partial charge in [-0.15, -0.1) is 0 Å². The van der Waals surface area contributed by atoms with E-state index in [0.717, 1.165) is 32.1 Å². The minimum atomic E-state index is -0.860. The van der Waals surface area contributed by atoms with Crippen molar-refractivity contribution >= 4 is 5.91 Å². The first kappa shape index (κ1) is 59.9. The number of carbonyl (C=O) groups excluding carboxylic acids is 1. The molecule has 2 unspecified atom stereocenters. The van der Waals surface area contributed by atoms with Crippen LogP contribution in [0, 0.1) is 0 Å². The first-order chi connectivity index (χ1) is 30.2. The number of carbonyl (C=O) groups is 1. The number of aliphatic hydroxyl groups is 2. The third-order valence-corrected chi connectivity index (χ3v) is 13.2. The quantitative estimate of drug-likeness (QED) is 0.0422. The largest absolute Gasteiger partial charge is 0.394 e. The highest BCUT2D eigenvalue weighted by atomic mass is 16.3. The van der Waals surface area contributed by atoms with Gasteiger partial charge in [0, 0.05) is 6.42 Å². The van der Waals surface area contributed by atoms with E-state index in [1.165, 1.54) is 263 Å². The number of aliphatic hydroxyl groups excluding tert-OH is 2. The summed E-state index contributed by atoms with van der Waals surface area (Å²) in [6.45, 7) is 4.34. The third-order valence-electron chi connectivity index (χ3n) is 13.2. The molecule has 0 aliphatic rings. The van der Waals surface area contributed by atoms with Crippen molar-refractivity contribution in [1.82, 2.24) is 5.32 Å². The van der Waals surface area contributed by atoms with Gasteiger partial charge < -0.3 is 15.5 Å². The van der Waals surface area contributed by atoms with Crippen LogP contribution in [0.1, 0.15) is 316 Å². The average molecular weight is 859 g/mol. The molecule has 0 rings (SSSR count). The smallest absolute Gasteiger partial charge is 0.220 e. The molecule has 362 valence electrons. The first-order valence-corrected chi connectivity index (χ1v) is 28.1. The van der Waals surface area contributed by atoms with E-state index in [9.17, 15) is 15.0 Å². The Morgan fingerprint density at radius 2 is 0.639 bits per heavy atom. The van der Waals surface area contributed by atoms with E-state index < -0.39 is 12.1 Å². The minimum absolute atomic E-state index is 0.0666. The summed E-state index contributed by atoms with van der Waals surface area (Å²) in [4.78, 5) is 12.5. The molecule has 0 aromatic heterocycles. The lowest BCUT2D eigenvalue weighted by Crippen LogP contribution is -2.45. The SMILES string of the molecule is CCCCCCCCCCCCCCCCCCCCC/C=C/CC/C=C/C(O)C(CO)NC(=O)CCCCCCCCCCCCCCCCCCCCCCCCCC. The van der Waals surface area contributed by atoms with Crippen molar-refractivity contribution in [2.45, 2.75) is 328 Å². The van der Waals surface area contributed by atoms with E-state index in [2.05, 4.69) is 31.3 Å². The van der Waals surface area contributed by atoms with Crippen LogP contribution in [-0.2, 0) is 4.79 Å². The number of unbranched alkanes of at least 4 members (excludes halogenated alkanes) is 43. The highest BCUT2D eigenvalue weighted by Gasteiger charge is 2.18. The summed E-state index contributed by atoms with van der Waals surface area (Å²) in [6.07, 6.45) is 70.6. The Hall–Kier alpha value is -1.13. The van der Waals surface area contributed by atoms with Crippen LogP contribution in [0.5, 0.6) is 0 Å². The Morgan fingerprint density at radius 3 is 0.951 bits per heavy atom. The van der Waals surface area contributed by atoms with E-state index in [4.69, 9.17) is 0 Å². The van der Waals surface area contributed by atoms with Gasteiger partial charge in [-0.25, -0.2) is 0 Å². The lowest BCUT2D eigenvalue weighted by molar-refractivity contribution is -0.123. The second kappa shape index (κ2) is 53.2. The number of amides is 1. The summed E-state index contributed by atoms with van der Waals surface area (Å²) in [5.74, 6) is -0.0666. The fourth-order valence-corrected chi connectivity index (χ4v) is 8.90. The summed E-state index contributed by atoms with van der Waals surface area (Å²) >= 11 is 0. The Morgan fingerprint density at radius 1 is 0.377 bits per heavy atom. The van der Waals surface area contributed by atoms with Crippen molar-refractivity contribution in [2.24, 2.45) is 0 Å². The Labute approximate surface area is 383 Å². The van der Waals surface area contributed by atoms with Gasteiger partial charge in [0.05, 0.1) is 18.8 Å². The fraction of sp³-hybridized carbons (Fsp3) is 0.912. The van der Waals surface area contributed by atoms with E-state index in [1.54, 1.807) is 6.08 Å². The van der Waals surface area contributed by atoms with Gasteiger partial charge in [-0.3, -0.25) is 4.79 Å². The molecule has 1 amide bonds. The molecule has 0 fully saturated rings. The summed E-state index contributed by atoms with van der Waals surface area (Å²) < 4.78 is 0. The molecule has 0 bridgehead atoms. The van der Waals surface area contributed by atoms with Crippen LogP contribution in [0.2, 0.25) is 0 Å². The molecule has 0 saturated carbocycles. The van der Waals surface area contributed by atoms with E-state index >= 15 is 0 Å². The molecular weight excluding hydrogens is 747 g/mol. The van der Waals surface area contributed by atoms with Crippen molar-refractivity contribution in [3.8, 4) is 0 Å². The number of rotatable bonds is 52. The van der Waals surface area contributed by atoms with Gasteiger partial charge in [-0.05, 0) is 32.1 Å². The lowest BCUT2D eigenvalue weighted by atomic mass is 10.0. The zero-order valence-electron chi connectivity index (χ0n) is 41.7. The zero-order chi connectivity index (χ0) is 44.2. The van der Waals surface area contributed by atoms with Crippen molar-refractivity contribution in [3.63, 3.8) is 0 Å². The zero-order valence-corrected chi connectivity index (χ0v) is 41.7. The lowest BCUT2D eigenvalue weighted by Gasteiger charge is -2.19. The van der Waals surface area contributed by atoms with Crippen LogP contribution in [-0.4, -0.2) is 34.9 Å². The molecule has 4 nitrogen and oxygen atoms in total. The Bertz CT molecular complexity index is 886. The van der Waals surface area contributed by atoms with Gasteiger partial charge in [0.25, 0.3) is 0 Å². The maximum atomic E-state index is 12.5. The fourth-order valence-electron chi connectivity index (χ4n) is 8.90. The molecule has 2 atom stereocenters. The number of hydrogen-bond donors (Lipinski definition) is 3. The average Bonchev–Trinajstić information content (AvgIpc) is 3.26. The predicted octanol–water partition coefficient (Wildman–Crippen LogP) is 18.3. The molecular formula is C57H111NO3. The molecule has 3 N–H and O–H groups in total. The van der Waals surface area contributed by atoms with Gasteiger partial charge in [0.1, 0.15) is 0 Å². The van der Waals surface area contributed by atoms with Crippen LogP contribution in [0.15, 0.2) is 24.3 Å². The van der Waals surface area contributed by atoms with Gasteiger partial charge in [-0.1, -0.05) is 301 Å². The molecule has 0 saturated heterocycles. The molecule has 0 aromatic rings. The van der Waals surface area contributed by atoms with Crippen LogP contribution < -0.4 is 5.32 Å².